The van der Waals surface area contributed by atoms with E-state index in [-0.39, 0.29) is 5.56 Å². The first-order chi connectivity index (χ1) is 9.63. The molecule has 0 spiro atoms. The van der Waals surface area contributed by atoms with Crippen LogP contribution in [-0.2, 0) is 0 Å². The van der Waals surface area contributed by atoms with E-state index in [1.807, 2.05) is 6.92 Å². The van der Waals surface area contributed by atoms with E-state index < -0.39 is 0 Å². The molecule has 7 heteroatoms. The minimum Gasteiger partial charge on any atom is -0.398 e. The van der Waals surface area contributed by atoms with Gasteiger partial charge in [0.15, 0.2) is 5.16 Å². The predicted octanol–water partition coefficient (Wildman–Crippen LogP) is 1.75. The molecular weight excluding hydrogens is 274 g/mol. The van der Waals surface area contributed by atoms with Crippen molar-refractivity contribution in [1.82, 2.24) is 19.9 Å². The van der Waals surface area contributed by atoms with Gasteiger partial charge in [-0.2, -0.15) is 0 Å². The van der Waals surface area contributed by atoms with Gasteiger partial charge in [-0.15, -0.1) is 0 Å². The van der Waals surface area contributed by atoms with Crippen molar-refractivity contribution in [2.75, 3.05) is 5.73 Å². The molecule has 1 aromatic carbocycles. The maximum Gasteiger partial charge on any atom is 0.258 e. The molecule has 20 heavy (non-hydrogen) atoms. The number of anilines is 1. The number of nitrogens with zero attached hydrogens (tertiary/aromatic N) is 3. The van der Waals surface area contributed by atoms with Crippen LogP contribution < -0.4 is 11.3 Å². The Morgan fingerprint density at radius 3 is 2.70 bits per heavy atom. The summed E-state index contributed by atoms with van der Waals surface area (Å²) >= 11 is 1.34. The average Bonchev–Trinajstić information content (AvgIpc) is 2.43. The second kappa shape index (κ2) is 4.93. The Balaban J connectivity index is 2.05. The number of benzene rings is 1. The van der Waals surface area contributed by atoms with Crippen LogP contribution in [0.5, 0.6) is 0 Å². The standard InChI is InChI=1S/C13H11N5OS/c1-7-4-15-13(16-5-7)20-11-3-10-8(2-9(11)14)12(19)18-6-17-10/h2-6H,14H2,1H3,(H,17,18,19). The van der Waals surface area contributed by atoms with Crippen LogP contribution in [0.1, 0.15) is 5.56 Å². The molecule has 0 amide bonds. The minimum absolute atomic E-state index is 0.204. The van der Waals surface area contributed by atoms with Gasteiger partial charge in [0.05, 0.1) is 17.2 Å². The van der Waals surface area contributed by atoms with Crippen LogP contribution in [0, 0.1) is 6.92 Å². The molecule has 0 radical (unpaired) electrons. The Morgan fingerprint density at radius 1 is 1.20 bits per heavy atom. The normalized spacial score (nSPS) is 10.8. The van der Waals surface area contributed by atoms with Gasteiger partial charge in [0.25, 0.3) is 5.56 Å². The van der Waals surface area contributed by atoms with Gasteiger partial charge in [0.1, 0.15) is 0 Å². The van der Waals surface area contributed by atoms with E-state index in [1.165, 1.54) is 18.1 Å². The van der Waals surface area contributed by atoms with Crippen LogP contribution in [-0.4, -0.2) is 19.9 Å². The molecule has 0 unspecified atom stereocenters. The first kappa shape index (κ1) is 12.6. The van der Waals surface area contributed by atoms with Gasteiger partial charge >= 0.3 is 0 Å². The fourth-order valence-corrected chi connectivity index (χ4v) is 2.49. The highest BCUT2D eigenvalue weighted by atomic mass is 32.2. The molecule has 0 saturated carbocycles. The highest BCUT2D eigenvalue weighted by Crippen LogP contribution is 2.31. The number of aromatic amines is 1. The monoisotopic (exact) mass is 285 g/mol. The van der Waals surface area contributed by atoms with Gasteiger partial charge in [-0.05, 0) is 36.4 Å². The van der Waals surface area contributed by atoms with Crippen molar-refractivity contribution in [3.05, 3.63) is 46.8 Å². The summed E-state index contributed by atoms with van der Waals surface area (Å²) in [6, 6.07) is 3.39. The molecule has 3 aromatic rings. The Hall–Kier alpha value is -2.41. The molecule has 0 saturated heterocycles. The molecule has 6 nitrogen and oxygen atoms in total. The molecule has 3 N–H and O–H groups in total. The maximum atomic E-state index is 11.7. The minimum atomic E-state index is -0.204. The van der Waals surface area contributed by atoms with Crippen LogP contribution in [0.15, 0.2) is 45.7 Å². The van der Waals surface area contributed by atoms with Crippen molar-refractivity contribution in [3.8, 4) is 0 Å². The third-order valence-corrected chi connectivity index (χ3v) is 3.70. The summed E-state index contributed by atoms with van der Waals surface area (Å²) in [6.07, 6.45) is 4.86. The van der Waals surface area contributed by atoms with Gasteiger partial charge in [-0.1, -0.05) is 0 Å². The molecule has 2 aromatic heterocycles. The Kier molecular flexibility index (Phi) is 3.11. The lowest BCUT2D eigenvalue weighted by atomic mass is 10.2. The summed E-state index contributed by atoms with van der Waals surface area (Å²) in [5.74, 6) is 0. The number of nitrogens with two attached hydrogens (primary N) is 1. The largest absolute Gasteiger partial charge is 0.398 e. The first-order valence-electron chi connectivity index (χ1n) is 5.87. The summed E-state index contributed by atoms with van der Waals surface area (Å²) in [5.41, 5.74) is 7.87. The maximum absolute atomic E-state index is 11.7. The predicted molar refractivity (Wildman–Crippen MR) is 77.7 cm³/mol. The highest BCUT2D eigenvalue weighted by molar-refractivity contribution is 7.99. The fraction of sp³-hybridized carbons (Fsp3) is 0.0769. The van der Waals surface area contributed by atoms with E-state index in [4.69, 9.17) is 5.73 Å². The molecular formula is C13H11N5OS. The number of fused-ring (bicyclic) bond motifs is 1. The molecule has 0 aliphatic rings. The van der Waals surface area contributed by atoms with Gasteiger partial charge in [-0.25, -0.2) is 15.0 Å². The van der Waals surface area contributed by atoms with Gasteiger partial charge in [0.2, 0.25) is 0 Å². The summed E-state index contributed by atoms with van der Waals surface area (Å²) in [7, 11) is 0. The average molecular weight is 285 g/mol. The van der Waals surface area contributed by atoms with Gasteiger partial charge < -0.3 is 10.7 Å². The number of hydrogen-bond donors (Lipinski definition) is 2. The lowest BCUT2D eigenvalue weighted by Crippen LogP contribution is -2.07. The van der Waals surface area contributed by atoms with Gasteiger partial charge in [0, 0.05) is 23.0 Å². The number of H-pyrrole nitrogens is 1. The van der Waals surface area contributed by atoms with Crippen molar-refractivity contribution in [2.24, 2.45) is 0 Å². The Bertz CT molecular complexity index is 828. The zero-order chi connectivity index (χ0) is 14.1. The number of hydrogen-bond acceptors (Lipinski definition) is 6. The molecule has 3 rings (SSSR count). The van der Waals surface area contributed by atoms with E-state index in [0.717, 1.165) is 10.5 Å². The van der Waals surface area contributed by atoms with Crippen molar-refractivity contribution >= 4 is 28.4 Å². The van der Waals surface area contributed by atoms with Gasteiger partial charge in [-0.3, -0.25) is 4.79 Å². The molecule has 2 heterocycles. The molecule has 0 aliphatic heterocycles. The van der Waals surface area contributed by atoms with E-state index >= 15 is 0 Å². The second-order valence-electron chi connectivity index (χ2n) is 4.28. The number of nitrogen functional groups attached to an aromatic ring is 1. The summed E-state index contributed by atoms with van der Waals surface area (Å²) < 4.78 is 0. The summed E-state index contributed by atoms with van der Waals surface area (Å²) in [6.45, 7) is 1.93. The number of aromatic nitrogens is 4. The fourth-order valence-electron chi connectivity index (χ4n) is 1.73. The smallest absolute Gasteiger partial charge is 0.258 e. The van der Waals surface area contributed by atoms with E-state index in [1.54, 1.807) is 24.5 Å². The zero-order valence-electron chi connectivity index (χ0n) is 10.6. The van der Waals surface area contributed by atoms with Crippen LogP contribution in [0.25, 0.3) is 10.9 Å². The lowest BCUT2D eigenvalue weighted by Gasteiger charge is -2.05. The Labute approximate surface area is 118 Å². The quantitative estimate of drug-likeness (QED) is 0.550. The third kappa shape index (κ3) is 2.35. The number of rotatable bonds is 2. The zero-order valence-corrected chi connectivity index (χ0v) is 11.4. The van der Waals surface area contributed by atoms with Crippen LogP contribution in [0.4, 0.5) is 5.69 Å². The molecule has 100 valence electrons. The van der Waals surface area contributed by atoms with Crippen LogP contribution >= 0.6 is 11.8 Å². The highest BCUT2D eigenvalue weighted by Gasteiger charge is 2.08. The molecule has 0 fully saturated rings. The molecule has 0 aliphatic carbocycles. The van der Waals surface area contributed by atoms with Crippen LogP contribution in [0.3, 0.4) is 0 Å². The SMILES string of the molecule is Cc1cnc(Sc2cc3nc[nH]c(=O)c3cc2N)nc1. The molecule has 0 bridgehead atoms. The van der Waals surface area contributed by atoms with Crippen LogP contribution in [0.2, 0.25) is 0 Å². The van der Waals surface area contributed by atoms with Crippen molar-refractivity contribution in [1.29, 1.82) is 0 Å². The van der Waals surface area contributed by atoms with Crippen molar-refractivity contribution in [3.63, 3.8) is 0 Å². The lowest BCUT2D eigenvalue weighted by molar-refractivity contribution is 0.950. The third-order valence-electron chi connectivity index (χ3n) is 2.73. The summed E-state index contributed by atoms with van der Waals surface area (Å²) in [4.78, 5) is 27.5. The van der Waals surface area contributed by atoms with E-state index in [9.17, 15) is 4.79 Å². The first-order valence-corrected chi connectivity index (χ1v) is 6.68. The van der Waals surface area contributed by atoms with Crippen molar-refractivity contribution in [2.45, 2.75) is 17.0 Å². The van der Waals surface area contributed by atoms with Crippen molar-refractivity contribution < 1.29 is 0 Å². The topological polar surface area (TPSA) is 97.5 Å². The molecule has 0 atom stereocenters. The van der Waals surface area contributed by atoms with E-state index in [0.29, 0.717) is 21.7 Å². The number of nitrogens with one attached hydrogen (secondary N) is 1. The summed E-state index contributed by atoms with van der Waals surface area (Å²) in [5, 5.41) is 1.07. The Morgan fingerprint density at radius 2 is 1.95 bits per heavy atom. The van der Waals surface area contributed by atoms with E-state index in [2.05, 4.69) is 19.9 Å². The second-order valence-corrected chi connectivity index (χ2v) is 5.29. The number of aryl methyl sites for hydroxylation is 1.